The summed E-state index contributed by atoms with van der Waals surface area (Å²) in [7, 11) is 3.28. The van der Waals surface area contributed by atoms with Crippen molar-refractivity contribution in [1.29, 1.82) is 0 Å². The Bertz CT molecular complexity index is 438. The maximum atomic E-state index is 11.9. The van der Waals surface area contributed by atoms with Crippen LogP contribution < -0.4 is 16.0 Å². The Morgan fingerprint density at radius 1 is 1.39 bits per heavy atom. The number of hydrogen-bond donors (Lipinski definition) is 3. The highest BCUT2D eigenvalue weighted by atomic mass is 16.2. The lowest BCUT2D eigenvalue weighted by Gasteiger charge is -2.22. The normalized spacial score (nSPS) is 11.1. The number of hydrogen-bond acceptors (Lipinski definition) is 4. The van der Waals surface area contributed by atoms with Crippen LogP contribution in [0.15, 0.2) is 12.4 Å². The second-order valence-corrected chi connectivity index (χ2v) is 4.43. The average molecular weight is 253 g/mol. The van der Waals surface area contributed by atoms with E-state index in [1.54, 1.807) is 34.1 Å². The molecule has 7 nitrogen and oxygen atoms in total. The Morgan fingerprint density at radius 3 is 2.61 bits per heavy atom. The second-order valence-electron chi connectivity index (χ2n) is 4.43. The number of amides is 2. The van der Waals surface area contributed by atoms with Crippen molar-refractivity contribution in [2.24, 2.45) is 0 Å². The predicted molar refractivity (Wildman–Crippen MR) is 68.1 cm³/mol. The van der Waals surface area contributed by atoms with Crippen molar-refractivity contribution in [3.63, 3.8) is 0 Å². The van der Waals surface area contributed by atoms with Gasteiger partial charge in [0.2, 0.25) is 11.8 Å². The van der Waals surface area contributed by atoms with Crippen LogP contribution in [-0.2, 0) is 16.1 Å². The van der Waals surface area contributed by atoms with Crippen LogP contribution in [0.3, 0.4) is 0 Å². The summed E-state index contributed by atoms with van der Waals surface area (Å²) in [6.07, 6.45) is 3.12. The highest BCUT2D eigenvalue weighted by Gasteiger charge is 2.25. The zero-order valence-corrected chi connectivity index (χ0v) is 11.1. The van der Waals surface area contributed by atoms with E-state index in [-0.39, 0.29) is 18.4 Å². The molecule has 0 aliphatic carbocycles. The van der Waals surface area contributed by atoms with Gasteiger partial charge in [-0.3, -0.25) is 14.3 Å². The molecular formula is C11H19N5O2. The fourth-order valence-electron chi connectivity index (χ4n) is 1.14. The molecule has 7 heteroatoms. The van der Waals surface area contributed by atoms with E-state index in [0.29, 0.717) is 5.69 Å². The summed E-state index contributed by atoms with van der Waals surface area (Å²) in [6.45, 7) is 3.68. The fraction of sp³-hybridized carbons (Fsp3) is 0.545. The molecule has 0 unspecified atom stereocenters. The van der Waals surface area contributed by atoms with E-state index in [0.717, 1.165) is 0 Å². The second kappa shape index (κ2) is 5.63. The quantitative estimate of drug-likeness (QED) is 0.664. The number of rotatable bonds is 5. The van der Waals surface area contributed by atoms with Gasteiger partial charge in [-0.1, -0.05) is 0 Å². The molecule has 1 aromatic rings. The molecule has 0 bridgehead atoms. The number of nitrogens with one attached hydrogen (secondary N) is 3. The molecule has 0 atom stereocenters. The summed E-state index contributed by atoms with van der Waals surface area (Å²) < 4.78 is 1.46. The van der Waals surface area contributed by atoms with E-state index in [2.05, 4.69) is 21.0 Å². The lowest BCUT2D eigenvalue weighted by Crippen LogP contribution is -2.47. The maximum Gasteiger partial charge on any atom is 0.244 e. The van der Waals surface area contributed by atoms with Gasteiger partial charge in [0, 0.05) is 13.2 Å². The van der Waals surface area contributed by atoms with Crippen molar-refractivity contribution < 1.29 is 9.59 Å². The molecular weight excluding hydrogens is 234 g/mol. The van der Waals surface area contributed by atoms with Gasteiger partial charge in [-0.05, 0) is 20.9 Å². The third-order valence-corrected chi connectivity index (χ3v) is 2.67. The molecule has 1 heterocycles. The number of aromatic nitrogens is 2. The van der Waals surface area contributed by atoms with Crippen LogP contribution in [-0.4, -0.2) is 41.2 Å². The van der Waals surface area contributed by atoms with Gasteiger partial charge >= 0.3 is 0 Å². The number of likely N-dealkylation sites (N-methyl/N-ethyl adjacent to an activating group) is 2. The highest BCUT2D eigenvalue weighted by Crippen LogP contribution is 2.09. The highest BCUT2D eigenvalue weighted by molar-refractivity contribution is 5.97. The van der Waals surface area contributed by atoms with Crippen LogP contribution in [0.4, 0.5) is 5.69 Å². The van der Waals surface area contributed by atoms with Crippen molar-refractivity contribution in [2.75, 3.05) is 19.4 Å². The van der Waals surface area contributed by atoms with E-state index >= 15 is 0 Å². The van der Waals surface area contributed by atoms with Crippen LogP contribution in [0.25, 0.3) is 0 Å². The van der Waals surface area contributed by atoms with E-state index in [9.17, 15) is 9.59 Å². The minimum absolute atomic E-state index is 0.127. The largest absolute Gasteiger partial charge is 0.358 e. The number of carbonyl (C=O) groups is 2. The Hall–Kier alpha value is -1.89. The molecule has 0 aliphatic heterocycles. The van der Waals surface area contributed by atoms with Crippen LogP contribution >= 0.6 is 0 Å². The maximum absolute atomic E-state index is 11.9. The van der Waals surface area contributed by atoms with E-state index in [1.807, 2.05) is 0 Å². The molecule has 0 saturated carbocycles. The standard InChI is InChI=1S/C11H19N5O2/c1-11(2,13-4)10(18)15-8-5-14-16(6-8)7-9(17)12-3/h5-6,13H,7H2,1-4H3,(H,12,17)(H,15,18). The Labute approximate surface area is 106 Å². The van der Waals surface area contributed by atoms with Gasteiger partial charge in [0.25, 0.3) is 0 Å². The van der Waals surface area contributed by atoms with Gasteiger partial charge in [-0.15, -0.1) is 0 Å². The lowest BCUT2D eigenvalue weighted by molar-refractivity contribution is -0.121. The third-order valence-electron chi connectivity index (χ3n) is 2.67. The molecule has 0 aromatic carbocycles. The summed E-state index contributed by atoms with van der Waals surface area (Å²) >= 11 is 0. The van der Waals surface area contributed by atoms with Crippen molar-refractivity contribution in [2.45, 2.75) is 25.9 Å². The minimum atomic E-state index is -0.664. The van der Waals surface area contributed by atoms with Gasteiger partial charge in [-0.2, -0.15) is 5.10 Å². The summed E-state index contributed by atoms with van der Waals surface area (Å²) in [5.74, 6) is -0.309. The first-order valence-corrected chi connectivity index (χ1v) is 5.62. The van der Waals surface area contributed by atoms with E-state index in [1.165, 1.54) is 10.9 Å². The zero-order chi connectivity index (χ0) is 13.8. The van der Waals surface area contributed by atoms with Crippen molar-refractivity contribution in [3.8, 4) is 0 Å². The molecule has 0 radical (unpaired) electrons. The summed E-state index contributed by atoms with van der Waals surface area (Å²) in [6, 6.07) is 0. The molecule has 100 valence electrons. The smallest absolute Gasteiger partial charge is 0.244 e. The first-order valence-electron chi connectivity index (χ1n) is 5.62. The van der Waals surface area contributed by atoms with Crippen LogP contribution in [0.5, 0.6) is 0 Å². The van der Waals surface area contributed by atoms with Crippen LogP contribution in [0, 0.1) is 0 Å². The molecule has 18 heavy (non-hydrogen) atoms. The molecule has 0 spiro atoms. The van der Waals surface area contributed by atoms with Gasteiger partial charge in [0.15, 0.2) is 0 Å². The van der Waals surface area contributed by atoms with E-state index < -0.39 is 5.54 Å². The predicted octanol–water partition coefficient (Wildman–Crippen LogP) is -0.434. The number of carbonyl (C=O) groups excluding carboxylic acids is 2. The Morgan fingerprint density at radius 2 is 2.06 bits per heavy atom. The van der Waals surface area contributed by atoms with Crippen LogP contribution in [0.1, 0.15) is 13.8 Å². The van der Waals surface area contributed by atoms with E-state index in [4.69, 9.17) is 0 Å². The minimum Gasteiger partial charge on any atom is -0.358 e. The first kappa shape index (κ1) is 14.2. The third kappa shape index (κ3) is 3.56. The molecule has 1 aromatic heterocycles. The van der Waals surface area contributed by atoms with Crippen molar-refractivity contribution in [3.05, 3.63) is 12.4 Å². The monoisotopic (exact) mass is 253 g/mol. The van der Waals surface area contributed by atoms with Gasteiger partial charge in [0.05, 0.1) is 17.4 Å². The Kier molecular flexibility index (Phi) is 4.43. The summed E-state index contributed by atoms with van der Waals surface area (Å²) in [4.78, 5) is 23.0. The zero-order valence-electron chi connectivity index (χ0n) is 11.1. The molecule has 3 N–H and O–H groups in total. The molecule has 2 amide bonds. The summed E-state index contributed by atoms with van der Waals surface area (Å²) in [5.41, 5.74) is -0.102. The summed E-state index contributed by atoms with van der Waals surface area (Å²) in [5, 5.41) is 12.1. The first-order chi connectivity index (χ1) is 8.39. The molecule has 0 saturated heterocycles. The molecule has 1 rings (SSSR count). The number of anilines is 1. The fourth-order valence-corrected chi connectivity index (χ4v) is 1.14. The van der Waals surface area contributed by atoms with Crippen molar-refractivity contribution >= 4 is 17.5 Å². The van der Waals surface area contributed by atoms with Gasteiger partial charge < -0.3 is 16.0 Å². The lowest BCUT2D eigenvalue weighted by atomic mass is 10.1. The van der Waals surface area contributed by atoms with Crippen molar-refractivity contribution in [1.82, 2.24) is 20.4 Å². The van der Waals surface area contributed by atoms with Gasteiger partial charge in [0.1, 0.15) is 6.54 Å². The average Bonchev–Trinajstić information content (AvgIpc) is 2.76. The van der Waals surface area contributed by atoms with Crippen LogP contribution in [0.2, 0.25) is 0 Å². The molecule has 0 aliphatic rings. The molecule has 0 fully saturated rings. The van der Waals surface area contributed by atoms with Gasteiger partial charge in [-0.25, -0.2) is 0 Å². The Balaban J connectivity index is 2.64. The SMILES string of the molecule is CNC(=O)Cn1cc(NC(=O)C(C)(C)NC)cn1. The topological polar surface area (TPSA) is 88.0 Å². The number of nitrogens with zero attached hydrogens (tertiary/aromatic N) is 2.